The summed E-state index contributed by atoms with van der Waals surface area (Å²) in [5, 5.41) is 12.1. The van der Waals surface area contributed by atoms with Crippen LogP contribution in [0.5, 0.6) is 11.5 Å². The molecular weight excluding hydrogens is 507 g/mol. The van der Waals surface area contributed by atoms with E-state index in [1.807, 2.05) is 12.1 Å². The smallest absolute Gasteiger partial charge is 0.350 e. The van der Waals surface area contributed by atoms with Gasteiger partial charge in [0.2, 0.25) is 0 Å². The van der Waals surface area contributed by atoms with Crippen LogP contribution in [-0.2, 0) is 11.2 Å². The molecule has 2 aromatic carbocycles. The lowest BCUT2D eigenvalue weighted by molar-refractivity contribution is -0.121. The molecule has 1 atom stereocenters. The third kappa shape index (κ3) is 5.06. The normalized spacial score (nSPS) is 13.5. The number of halogens is 1. The molecule has 4 aromatic rings. The van der Waals surface area contributed by atoms with Crippen LogP contribution in [0.4, 0.5) is 10.1 Å². The summed E-state index contributed by atoms with van der Waals surface area (Å²) in [6.07, 6.45) is 3.37. The van der Waals surface area contributed by atoms with Gasteiger partial charge in [0.1, 0.15) is 18.3 Å². The standard InChI is InChI=1S/C26H25FN8O4/c1-38-20-13-17(12-19-22(20)39-14-21(36)34(19)10-7-27)18(11-15-3-5-16(6-4-15)23(28)29)24-32-26(37)35(33-24)25-30-8-2-9-31-25/h2-6,8-9,12-13,18H,7,10-11,14H2,1H3,(H3,28,29)(H,32,33,37). The molecule has 0 spiro atoms. The highest BCUT2D eigenvalue weighted by molar-refractivity contribution is 5.98. The maximum absolute atomic E-state index is 13.4. The Morgan fingerprint density at radius 2 is 1.97 bits per heavy atom. The maximum atomic E-state index is 13.4. The maximum Gasteiger partial charge on any atom is 0.350 e. The molecule has 39 heavy (non-hydrogen) atoms. The van der Waals surface area contributed by atoms with E-state index in [4.69, 9.17) is 20.6 Å². The van der Waals surface area contributed by atoms with Gasteiger partial charge >= 0.3 is 5.69 Å². The van der Waals surface area contributed by atoms with E-state index in [0.29, 0.717) is 40.6 Å². The highest BCUT2D eigenvalue weighted by atomic mass is 19.1. The Morgan fingerprint density at radius 3 is 2.64 bits per heavy atom. The Balaban J connectivity index is 1.64. The number of alkyl halides is 1. The van der Waals surface area contributed by atoms with Gasteiger partial charge in [-0.2, -0.15) is 0 Å². The fraction of sp³-hybridized carbons (Fsp3) is 0.231. The number of rotatable bonds is 9. The van der Waals surface area contributed by atoms with E-state index >= 15 is 0 Å². The number of nitrogen functional groups attached to an aromatic ring is 1. The van der Waals surface area contributed by atoms with Gasteiger partial charge in [-0.1, -0.05) is 24.3 Å². The molecule has 0 saturated carbocycles. The minimum absolute atomic E-state index is 0.0546. The fourth-order valence-corrected chi connectivity index (χ4v) is 4.44. The Kier molecular flexibility index (Phi) is 7.04. The van der Waals surface area contributed by atoms with Crippen molar-refractivity contribution in [2.24, 2.45) is 5.73 Å². The number of H-pyrrole nitrogens is 1. The number of carbonyl (C=O) groups is 1. The quantitative estimate of drug-likeness (QED) is 0.216. The second-order valence-corrected chi connectivity index (χ2v) is 8.74. The van der Waals surface area contributed by atoms with Crippen LogP contribution < -0.4 is 25.8 Å². The highest BCUT2D eigenvalue weighted by Gasteiger charge is 2.31. The molecule has 0 fully saturated rings. The molecule has 1 aliphatic rings. The number of aromatic nitrogens is 5. The number of hydrogen-bond donors (Lipinski definition) is 3. The number of methoxy groups -OCH3 is 1. The number of anilines is 1. The molecule has 0 aliphatic carbocycles. The summed E-state index contributed by atoms with van der Waals surface area (Å²) in [4.78, 5) is 37.8. The molecule has 1 aliphatic heterocycles. The first-order valence-electron chi connectivity index (χ1n) is 12.0. The lowest BCUT2D eigenvalue weighted by Crippen LogP contribution is -2.40. The molecule has 0 radical (unpaired) electrons. The Labute approximate surface area is 221 Å². The zero-order chi connectivity index (χ0) is 27.5. The van der Waals surface area contributed by atoms with Crippen molar-refractivity contribution < 1.29 is 18.7 Å². The van der Waals surface area contributed by atoms with Crippen LogP contribution in [-0.4, -0.2) is 63.4 Å². The number of amides is 1. The predicted molar refractivity (Wildman–Crippen MR) is 140 cm³/mol. The number of benzene rings is 2. The van der Waals surface area contributed by atoms with Crippen molar-refractivity contribution in [2.45, 2.75) is 12.3 Å². The minimum Gasteiger partial charge on any atom is -0.493 e. The van der Waals surface area contributed by atoms with Crippen LogP contribution >= 0.6 is 0 Å². The zero-order valence-corrected chi connectivity index (χ0v) is 20.9. The summed E-state index contributed by atoms with van der Waals surface area (Å²) >= 11 is 0. The lowest BCUT2D eigenvalue weighted by Gasteiger charge is -2.31. The summed E-state index contributed by atoms with van der Waals surface area (Å²) in [6.45, 7) is -1.11. The zero-order valence-electron chi connectivity index (χ0n) is 20.9. The number of nitrogens with one attached hydrogen (secondary N) is 2. The predicted octanol–water partition coefficient (Wildman–Crippen LogP) is 1.71. The van der Waals surface area contributed by atoms with E-state index in [2.05, 4.69) is 20.1 Å². The third-order valence-electron chi connectivity index (χ3n) is 6.33. The highest BCUT2D eigenvalue weighted by Crippen LogP contribution is 2.44. The van der Waals surface area contributed by atoms with E-state index in [1.54, 1.807) is 30.3 Å². The first-order chi connectivity index (χ1) is 18.9. The molecule has 12 nitrogen and oxygen atoms in total. The van der Waals surface area contributed by atoms with Crippen molar-refractivity contribution >= 4 is 17.4 Å². The van der Waals surface area contributed by atoms with E-state index in [-0.39, 0.29) is 30.8 Å². The van der Waals surface area contributed by atoms with Crippen LogP contribution in [0.15, 0.2) is 59.7 Å². The molecule has 1 unspecified atom stereocenters. The van der Waals surface area contributed by atoms with Gasteiger partial charge in [0.15, 0.2) is 18.1 Å². The van der Waals surface area contributed by atoms with Crippen LogP contribution in [0, 0.1) is 5.41 Å². The first-order valence-corrected chi connectivity index (χ1v) is 12.0. The lowest BCUT2D eigenvalue weighted by atomic mass is 9.90. The number of hydrogen-bond acceptors (Lipinski definition) is 8. The van der Waals surface area contributed by atoms with E-state index < -0.39 is 18.3 Å². The molecule has 13 heteroatoms. The Hall–Kier alpha value is -5.07. The van der Waals surface area contributed by atoms with Crippen molar-refractivity contribution in [3.63, 3.8) is 0 Å². The molecule has 3 heterocycles. The molecule has 4 N–H and O–H groups in total. The second-order valence-electron chi connectivity index (χ2n) is 8.74. The monoisotopic (exact) mass is 532 g/mol. The summed E-state index contributed by atoms with van der Waals surface area (Å²) in [5.74, 6) is 0.112. The van der Waals surface area contributed by atoms with E-state index in [9.17, 15) is 14.0 Å². The van der Waals surface area contributed by atoms with Gasteiger partial charge in [-0.3, -0.25) is 15.2 Å². The molecule has 0 saturated heterocycles. The molecule has 5 rings (SSSR count). The third-order valence-corrected chi connectivity index (χ3v) is 6.33. The SMILES string of the molecule is COc1cc(C(Cc2ccc(C(=N)N)cc2)c2nn(-c3ncccn3)c(=O)[nH]2)cc2c1OCC(=O)N2CCF. The average molecular weight is 533 g/mol. The largest absolute Gasteiger partial charge is 0.493 e. The van der Waals surface area contributed by atoms with Crippen LogP contribution in [0.1, 0.15) is 28.4 Å². The Bertz CT molecular complexity index is 1570. The molecular formula is C26H25FN8O4. The summed E-state index contributed by atoms with van der Waals surface area (Å²) in [5.41, 5.74) is 7.51. The van der Waals surface area contributed by atoms with Crippen molar-refractivity contribution in [3.8, 4) is 17.4 Å². The number of amidine groups is 1. The van der Waals surface area contributed by atoms with Crippen molar-refractivity contribution in [1.82, 2.24) is 24.7 Å². The first kappa shape index (κ1) is 25.6. The summed E-state index contributed by atoms with van der Waals surface area (Å²) in [7, 11) is 1.47. The van der Waals surface area contributed by atoms with Crippen molar-refractivity contribution in [1.29, 1.82) is 5.41 Å². The van der Waals surface area contributed by atoms with Gasteiger partial charge in [0.05, 0.1) is 19.3 Å². The number of nitrogens with zero attached hydrogens (tertiary/aromatic N) is 5. The summed E-state index contributed by atoms with van der Waals surface area (Å²) in [6, 6.07) is 12.2. The molecule has 0 bridgehead atoms. The number of aromatic amines is 1. The Morgan fingerprint density at radius 1 is 1.23 bits per heavy atom. The molecule has 1 amide bonds. The van der Waals surface area contributed by atoms with Gasteiger partial charge in [0.25, 0.3) is 11.9 Å². The summed E-state index contributed by atoms with van der Waals surface area (Å²) < 4.78 is 25.7. The average Bonchev–Trinajstić information content (AvgIpc) is 3.34. The van der Waals surface area contributed by atoms with Gasteiger partial charge in [-0.25, -0.2) is 19.2 Å². The van der Waals surface area contributed by atoms with Gasteiger partial charge < -0.3 is 20.1 Å². The van der Waals surface area contributed by atoms with Crippen molar-refractivity contribution in [2.75, 3.05) is 31.8 Å². The number of nitrogens with two attached hydrogens (primary N) is 1. The second kappa shape index (κ2) is 10.7. The van der Waals surface area contributed by atoms with Crippen LogP contribution in [0.25, 0.3) is 5.95 Å². The molecule has 2 aromatic heterocycles. The fourth-order valence-electron chi connectivity index (χ4n) is 4.44. The molecule has 200 valence electrons. The van der Waals surface area contributed by atoms with Gasteiger partial charge in [-0.05, 0) is 35.7 Å². The topological polar surface area (TPSA) is 165 Å². The van der Waals surface area contributed by atoms with Crippen LogP contribution in [0.3, 0.4) is 0 Å². The van der Waals surface area contributed by atoms with Gasteiger partial charge in [0, 0.05) is 23.9 Å². The number of ether oxygens (including phenoxy) is 2. The number of fused-ring (bicyclic) bond motifs is 1. The van der Waals surface area contributed by atoms with Crippen molar-refractivity contribution in [3.05, 3.63) is 87.9 Å². The van der Waals surface area contributed by atoms with Crippen LogP contribution in [0.2, 0.25) is 0 Å². The van der Waals surface area contributed by atoms with E-state index in [0.717, 1.165) is 10.2 Å². The van der Waals surface area contributed by atoms with E-state index in [1.165, 1.54) is 24.4 Å². The number of carbonyl (C=O) groups excluding carboxylic acids is 1. The van der Waals surface area contributed by atoms with Gasteiger partial charge in [-0.15, -0.1) is 9.78 Å². The minimum atomic E-state index is -0.738.